The Bertz CT molecular complexity index is 464. The molecule has 114 valence electrons. The summed E-state index contributed by atoms with van der Waals surface area (Å²) >= 11 is 0. The number of unbranched alkanes of at least 4 members (excludes halogenated alkanes) is 1. The van der Waals surface area contributed by atoms with Crippen LogP contribution in [0.4, 0.5) is 0 Å². The van der Waals surface area contributed by atoms with Gasteiger partial charge in [-0.3, -0.25) is 0 Å². The first-order valence-corrected chi connectivity index (χ1v) is 8.61. The molecule has 0 radical (unpaired) electrons. The van der Waals surface area contributed by atoms with Crippen molar-refractivity contribution in [3.8, 4) is 0 Å². The molecule has 0 aliphatic carbocycles. The van der Waals surface area contributed by atoms with E-state index in [0.29, 0.717) is 0 Å². The van der Waals surface area contributed by atoms with Crippen LogP contribution in [0, 0.1) is 0 Å². The zero-order chi connectivity index (χ0) is 14.8. The van der Waals surface area contributed by atoms with Gasteiger partial charge in [0.2, 0.25) is 0 Å². The Labute approximate surface area is 129 Å². The molecule has 0 N–H and O–H groups in total. The molecule has 0 aromatic heterocycles. The normalized spacial score (nSPS) is 31.3. The van der Waals surface area contributed by atoms with Crippen molar-refractivity contribution in [3.63, 3.8) is 0 Å². The quantitative estimate of drug-likeness (QED) is 0.704. The highest BCUT2D eigenvalue weighted by atomic mass is 15.5. The van der Waals surface area contributed by atoms with E-state index in [1.54, 1.807) is 0 Å². The van der Waals surface area contributed by atoms with E-state index < -0.39 is 0 Å². The van der Waals surface area contributed by atoms with Crippen LogP contribution < -0.4 is 0 Å². The van der Waals surface area contributed by atoms with Gasteiger partial charge in [0.15, 0.2) is 0 Å². The van der Waals surface area contributed by atoms with Crippen LogP contribution in [0.25, 0.3) is 6.08 Å². The van der Waals surface area contributed by atoms with E-state index in [1.807, 2.05) is 6.08 Å². The van der Waals surface area contributed by atoms with E-state index in [0.717, 1.165) is 0 Å². The standard InChI is InChI=1S/C19H30N2/c1-3-5-10-20-11-14-21(15-12-20,16-13-20)17-19-8-6-18(4-2)7-9-19/h4,6-9H,2-3,5,10-17H2,1H3/q+2. The van der Waals surface area contributed by atoms with Crippen LogP contribution in [-0.2, 0) is 6.54 Å². The largest absolute Gasteiger partial charge is 0.310 e. The monoisotopic (exact) mass is 286 g/mol. The molecule has 3 saturated heterocycles. The molecule has 4 rings (SSSR count). The fourth-order valence-electron chi connectivity index (χ4n) is 4.16. The molecule has 2 nitrogen and oxygen atoms in total. The van der Waals surface area contributed by atoms with Gasteiger partial charge >= 0.3 is 0 Å². The van der Waals surface area contributed by atoms with E-state index in [9.17, 15) is 0 Å². The minimum absolute atomic E-state index is 1.23. The summed E-state index contributed by atoms with van der Waals surface area (Å²) in [5.74, 6) is 0. The first-order valence-electron chi connectivity index (χ1n) is 8.61. The number of benzene rings is 1. The summed E-state index contributed by atoms with van der Waals surface area (Å²) < 4.78 is 2.75. The van der Waals surface area contributed by atoms with Gasteiger partial charge in [0, 0.05) is 5.56 Å². The maximum absolute atomic E-state index is 3.84. The second-order valence-corrected chi connectivity index (χ2v) is 7.21. The van der Waals surface area contributed by atoms with Crippen LogP contribution in [0.2, 0.25) is 0 Å². The van der Waals surface area contributed by atoms with Crippen LogP contribution in [-0.4, -0.2) is 54.8 Å². The van der Waals surface area contributed by atoms with E-state index in [-0.39, 0.29) is 0 Å². The van der Waals surface area contributed by atoms with Crippen molar-refractivity contribution in [1.29, 1.82) is 0 Å². The SMILES string of the molecule is C=Cc1ccc(C[N+]23CC[N+](CCCC)(CC2)CC3)cc1. The predicted octanol–water partition coefficient (Wildman–Crippen LogP) is 3.29. The van der Waals surface area contributed by atoms with Crippen molar-refractivity contribution in [2.45, 2.75) is 26.3 Å². The van der Waals surface area contributed by atoms with Gasteiger partial charge in [0.25, 0.3) is 0 Å². The van der Waals surface area contributed by atoms with E-state index in [1.165, 1.54) is 85.3 Å². The molecule has 2 bridgehead atoms. The number of hydrogen-bond donors (Lipinski definition) is 0. The number of rotatable bonds is 6. The summed E-state index contributed by atoms with van der Waals surface area (Å²) in [6.07, 6.45) is 4.68. The molecule has 1 aromatic carbocycles. The molecule has 3 fully saturated rings. The zero-order valence-corrected chi connectivity index (χ0v) is 13.6. The Hall–Kier alpha value is -1.12. The van der Waals surface area contributed by atoms with Gasteiger partial charge in [0.1, 0.15) is 45.8 Å². The molecule has 2 heteroatoms. The molecule has 0 amide bonds. The number of quaternary nitrogens is 2. The third-order valence-electron chi connectivity index (χ3n) is 5.87. The summed E-state index contributed by atoms with van der Waals surface area (Å²) in [5.41, 5.74) is 2.72. The van der Waals surface area contributed by atoms with Crippen LogP contribution in [0.3, 0.4) is 0 Å². The van der Waals surface area contributed by atoms with Crippen molar-refractivity contribution in [3.05, 3.63) is 42.0 Å². The molecular weight excluding hydrogens is 256 g/mol. The van der Waals surface area contributed by atoms with Crippen molar-refractivity contribution in [2.75, 3.05) is 45.8 Å². The van der Waals surface area contributed by atoms with Gasteiger partial charge in [-0.1, -0.05) is 50.3 Å². The molecule has 3 heterocycles. The zero-order valence-electron chi connectivity index (χ0n) is 13.6. The molecule has 1 aromatic rings. The van der Waals surface area contributed by atoms with Crippen molar-refractivity contribution in [2.24, 2.45) is 0 Å². The summed E-state index contributed by atoms with van der Waals surface area (Å²) in [5, 5.41) is 0. The summed E-state index contributed by atoms with van der Waals surface area (Å²) in [6, 6.07) is 9.01. The second kappa shape index (κ2) is 5.94. The lowest BCUT2D eigenvalue weighted by Gasteiger charge is -2.55. The lowest BCUT2D eigenvalue weighted by molar-refractivity contribution is -1.09. The highest BCUT2D eigenvalue weighted by molar-refractivity contribution is 5.47. The fraction of sp³-hybridized carbons (Fsp3) is 0.579. The predicted molar refractivity (Wildman–Crippen MR) is 89.7 cm³/mol. The first kappa shape index (κ1) is 14.8. The highest BCUT2D eigenvalue weighted by Crippen LogP contribution is 2.29. The molecule has 0 unspecified atom stereocenters. The molecule has 3 aliphatic rings. The first-order chi connectivity index (χ1) is 10.2. The lowest BCUT2D eigenvalue weighted by Crippen LogP contribution is -2.74. The molecule has 3 aliphatic heterocycles. The van der Waals surface area contributed by atoms with Crippen LogP contribution in [0.1, 0.15) is 30.9 Å². The van der Waals surface area contributed by atoms with Crippen LogP contribution in [0.5, 0.6) is 0 Å². The summed E-state index contributed by atoms with van der Waals surface area (Å²) in [4.78, 5) is 0. The topological polar surface area (TPSA) is 0 Å². The van der Waals surface area contributed by atoms with Crippen molar-refractivity contribution < 1.29 is 8.97 Å². The molecule has 21 heavy (non-hydrogen) atoms. The number of nitrogens with zero attached hydrogens (tertiary/aromatic N) is 2. The third kappa shape index (κ3) is 3.07. The van der Waals surface area contributed by atoms with Gasteiger partial charge in [0.05, 0.1) is 6.54 Å². The average molecular weight is 286 g/mol. The maximum Gasteiger partial charge on any atom is 0.129 e. The van der Waals surface area contributed by atoms with Gasteiger partial charge in [-0.15, -0.1) is 0 Å². The van der Waals surface area contributed by atoms with Crippen LogP contribution in [0.15, 0.2) is 30.8 Å². The molecule has 0 saturated carbocycles. The average Bonchev–Trinajstić information content (AvgIpc) is 2.55. The lowest BCUT2D eigenvalue weighted by atomic mass is 10.0. The van der Waals surface area contributed by atoms with Gasteiger partial charge in [-0.2, -0.15) is 0 Å². The minimum atomic E-state index is 1.23. The van der Waals surface area contributed by atoms with E-state index in [2.05, 4.69) is 37.8 Å². The summed E-state index contributed by atoms with van der Waals surface area (Å²) in [7, 11) is 0. The Morgan fingerprint density at radius 2 is 1.52 bits per heavy atom. The maximum atomic E-state index is 3.84. The second-order valence-electron chi connectivity index (χ2n) is 7.21. The van der Waals surface area contributed by atoms with Gasteiger partial charge in [-0.05, 0) is 12.0 Å². The third-order valence-corrected chi connectivity index (χ3v) is 5.87. The molecular formula is C19H30N2+2. The Kier molecular flexibility index (Phi) is 4.19. The number of piperazine rings is 3. The smallest absolute Gasteiger partial charge is 0.129 e. The van der Waals surface area contributed by atoms with Crippen molar-refractivity contribution >= 4 is 6.08 Å². The Morgan fingerprint density at radius 1 is 0.952 bits per heavy atom. The highest BCUT2D eigenvalue weighted by Gasteiger charge is 2.48. The minimum Gasteiger partial charge on any atom is -0.310 e. The van der Waals surface area contributed by atoms with E-state index >= 15 is 0 Å². The van der Waals surface area contributed by atoms with Gasteiger partial charge in [-0.25, -0.2) is 0 Å². The van der Waals surface area contributed by atoms with Gasteiger partial charge < -0.3 is 8.97 Å². The summed E-state index contributed by atoms with van der Waals surface area (Å²) in [6.45, 7) is 17.2. The van der Waals surface area contributed by atoms with E-state index in [4.69, 9.17) is 0 Å². The van der Waals surface area contributed by atoms with Crippen LogP contribution >= 0.6 is 0 Å². The van der Waals surface area contributed by atoms with Crippen molar-refractivity contribution in [1.82, 2.24) is 0 Å². The number of fused-ring (bicyclic) bond motifs is 3. The number of hydrogen-bond acceptors (Lipinski definition) is 0. The Morgan fingerprint density at radius 3 is 2.05 bits per heavy atom. The Balaban J connectivity index is 1.64. The fourth-order valence-corrected chi connectivity index (χ4v) is 4.16. The molecule has 0 atom stereocenters. The molecule has 0 spiro atoms.